The lowest BCUT2D eigenvalue weighted by Gasteiger charge is -2.28. The largest absolute Gasteiger partial charge is 0.273 e. The summed E-state index contributed by atoms with van der Waals surface area (Å²) in [6, 6.07) is 0. The lowest BCUT2D eigenvalue weighted by molar-refractivity contribution is -0.127. The van der Waals surface area contributed by atoms with Crippen LogP contribution in [0.2, 0.25) is 0 Å². The number of carbonyl (C=O) groups excluding carboxylic acids is 1. The van der Waals surface area contributed by atoms with E-state index in [1.807, 2.05) is 0 Å². The van der Waals surface area contributed by atoms with Gasteiger partial charge in [0.25, 0.3) is 5.91 Å². The quantitative estimate of drug-likeness (QED) is 0.572. The Hall–Kier alpha value is -0.260. The van der Waals surface area contributed by atoms with E-state index in [0.717, 1.165) is 6.26 Å². The number of hydrogen-bond acceptors (Lipinski definition) is 3. The molecule has 0 aromatic heterocycles. The molecule has 16 heavy (non-hydrogen) atoms. The number of nitrogens with zero attached hydrogens (tertiary/aromatic N) is 1. The highest BCUT2D eigenvalue weighted by atomic mass is 35.5. The monoisotopic (exact) mass is 287 g/mol. The summed E-state index contributed by atoms with van der Waals surface area (Å²) in [5.74, 6) is -1.26. The van der Waals surface area contributed by atoms with Crippen LogP contribution in [0.15, 0.2) is 12.7 Å². The fraction of sp³-hybridized carbons (Fsp3) is 0.667. The van der Waals surface area contributed by atoms with Crippen molar-refractivity contribution in [2.75, 3.05) is 12.8 Å². The lowest BCUT2D eigenvalue weighted by Crippen LogP contribution is -2.47. The van der Waals surface area contributed by atoms with Gasteiger partial charge in [0.15, 0.2) is 4.33 Å². The Morgan fingerprint density at radius 1 is 1.50 bits per heavy atom. The van der Waals surface area contributed by atoms with Crippen molar-refractivity contribution < 1.29 is 13.2 Å². The summed E-state index contributed by atoms with van der Waals surface area (Å²) in [6.45, 7) is 6.49. The molecule has 0 bridgehead atoms. The van der Waals surface area contributed by atoms with E-state index >= 15 is 0 Å². The van der Waals surface area contributed by atoms with Crippen LogP contribution in [0.4, 0.5) is 0 Å². The van der Waals surface area contributed by atoms with Gasteiger partial charge >= 0.3 is 0 Å². The van der Waals surface area contributed by atoms with Crippen molar-refractivity contribution in [2.24, 2.45) is 5.92 Å². The Bertz CT molecular complexity index is 376. The van der Waals surface area contributed by atoms with Gasteiger partial charge in [0.2, 0.25) is 10.0 Å². The van der Waals surface area contributed by atoms with E-state index < -0.39 is 26.2 Å². The van der Waals surface area contributed by atoms with Crippen molar-refractivity contribution in [3.8, 4) is 0 Å². The van der Waals surface area contributed by atoms with Gasteiger partial charge in [-0.3, -0.25) is 4.79 Å². The maximum atomic E-state index is 11.9. The second-order valence-electron chi connectivity index (χ2n) is 3.67. The Balaban J connectivity index is 5.27. The molecule has 0 radical (unpaired) electrons. The molecule has 0 N–H and O–H groups in total. The van der Waals surface area contributed by atoms with E-state index in [4.69, 9.17) is 23.2 Å². The highest BCUT2D eigenvalue weighted by molar-refractivity contribution is 7.88. The summed E-state index contributed by atoms with van der Waals surface area (Å²) in [5.41, 5.74) is 0. The van der Waals surface area contributed by atoms with Gasteiger partial charge in [-0.05, 0) is 5.92 Å². The minimum atomic E-state index is -3.70. The zero-order valence-corrected chi connectivity index (χ0v) is 11.7. The molecule has 0 aliphatic carbocycles. The highest BCUT2D eigenvalue weighted by Crippen LogP contribution is 2.32. The number of halogens is 2. The van der Waals surface area contributed by atoms with E-state index in [2.05, 4.69) is 6.58 Å². The number of amides is 1. The first-order valence-electron chi connectivity index (χ1n) is 4.56. The van der Waals surface area contributed by atoms with Crippen LogP contribution in [0.1, 0.15) is 13.8 Å². The molecule has 0 rings (SSSR count). The molecule has 4 nitrogen and oxygen atoms in total. The lowest BCUT2D eigenvalue weighted by atomic mass is 10.1. The van der Waals surface area contributed by atoms with Gasteiger partial charge in [0, 0.05) is 0 Å². The second kappa shape index (κ2) is 5.38. The van der Waals surface area contributed by atoms with Crippen LogP contribution in [0.25, 0.3) is 0 Å². The van der Waals surface area contributed by atoms with Crippen LogP contribution in [0.3, 0.4) is 0 Å². The molecule has 0 saturated heterocycles. The maximum Gasteiger partial charge on any atom is 0.273 e. The third-order valence-electron chi connectivity index (χ3n) is 1.93. The summed E-state index contributed by atoms with van der Waals surface area (Å²) in [7, 11) is -3.70. The summed E-state index contributed by atoms with van der Waals surface area (Å²) in [4.78, 5) is 11.9. The van der Waals surface area contributed by atoms with Gasteiger partial charge in [0.1, 0.15) is 0 Å². The van der Waals surface area contributed by atoms with Crippen molar-refractivity contribution in [1.29, 1.82) is 0 Å². The number of rotatable bonds is 5. The molecule has 0 heterocycles. The van der Waals surface area contributed by atoms with Crippen molar-refractivity contribution in [3.05, 3.63) is 12.7 Å². The number of hydrogen-bond donors (Lipinski definition) is 0. The SMILES string of the molecule is C=CCN(C(=O)C(Cl)(Cl)C(C)C)S(C)(=O)=O. The molecule has 0 fully saturated rings. The van der Waals surface area contributed by atoms with E-state index in [1.54, 1.807) is 13.8 Å². The molecule has 1 amide bonds. The number of sulfonamides is 1. The van der Waals surface area contributed by atoms with Gasteiger partial charge < -0.3 is 0 Å². The highest BCUT2D eigenvalue weighted by Gasteiger charge is 2.42. The van der Waals surface area contributed by atoms with Gasteiger partial charge in [-0.15, -0.1) is 6.58 Å². The van der Waals surface area contributed by atoms with Gasteiger partial charge in [-0.2, -0.15) is 0 Å². The molecule has 0 atom stereocenters. The third kappa shape index (κ3) is 3.64. The van der Waals surface area contributed by atoms with Crippen molar-refractivity contribution in [3.63, 3.8) is 0 Å². The van der Waals surface area contributed by atoms with Crippen molar-refractivity contribution in [2.45, 2.75) is 18.2 Å². The molecular formula is C9H15Cl2NO3S. The molecule has 0 aromatic rings. The minimum Gasteiger partial charge on any atom is -0.270 e. The Morgan fingerprint density at radius 3 is 2.19 bits per heavy atom. The standard InChI is InChI=1S/C9H15Cl2NO3S/c1-5-6-12(16(4,14)15)8(13)9(10,11)7(2)3/h5,7H,1,6H2,2-4H3. The zero-order valence-electron chi connectivity index (χ0n) is 9.41. The minimum absolute atomic E-state index is 0.147. The second-order valence-corrected chi connectivity index (χ2v) is 6.96. The van der Waals surface area contributed by atoms with Crippen LogP contribution >= 0.6 is 23.2 Å². The average Bonchev–Trinajstić information content (AvgIpc) is 2.10. The Kier molecular flexibility index (Phi) is 5.29. The first-order chi connectivity index (χ1) is 7.05. The first kappa shape index (κ1) is 15.7. The summed E-state index contributed by atoms with van der Waals surface area (Å²) in [6.07, 6.45) is 2.21. The molecule has 0 aromatic carbocycles. The molecule has 0 saturated carbocycles. The molecule has 0 aliphatic rings. The van der Waals surface area contributed by atoms with Crippen molar-refractivity contribution in [1.82, 2.24) is 4.31 Å². The summed E-state index contributed by atoms with van der Waals surface area (Å²) >= 11 is 11.7. The predicted octanol–water partition coefficient (Wildman–Crippen LogP) is 1.79. The fourth-order valence-corrected chi connectivity index (χ4v) is 2.03. The normalized spacial score (nSPS) is 12.6. The number of carbonyl (C=O) groups is 1. The van der Waals surface area contributed by atoms with Crippen LogP contribution in [-0.4, -0.2) is 35.8 Å². The smallest absolute Gasteiger partial charge is 0.270 e. The van der Waals surface area contributed by atoms with Crippen LogP contribution in [0, 0.1) is 5.92 Å². The van der Waals surface area contributed by atoms with Gasteiger partial charge in [-0.25, -0.2) is 12.7 Å². The molecular weight excluding hydrogens is 273 g/mol. The van der Waals surface area contributed by atoms with Gasteiger partial charge in [0.05, 0.1) is 12.8 Å². The van der Waals surface area contributed by atoms with E-state index in [-0.39, 0.29) is 6.54 Å². The number of alkyl halides is 2. The summed E-state index contributed by atoms with van der Waals surface area (Å²) < 4.78 is 21.6. The molecule has 7 heteroatoms. The summed E-state index contributed by atoms with van der Waals surface area (Å²) in [5, 5.41) is 0. The van der Waals surface area contributed by atoms with Crippen LogP contribution in [-0.2, 0) is 14.8 Å². The Morgan fingerprint density at radius 2 is 1.94 bits per heavy atom. The zero-order chi connectivity index (χ0) is 13.1. The predicted molar refractivity (Wildman–Crippen MR) is 66.0 cm³/mol. The Labute approximate surface area is 106 Å². The molecule has 0 aliphatic heterocycles. The van der Waals surface area contributed by atoms with Gasteiger partial charge in [-0.1, -0.05) is 43.1 Å². The fourth-order valence-electron chi connectivity index (χ4n) is 0.899. The van der Waals surface area contributed by atoms with E-state index in [9.17, 15) is 13.2 Å². The molecule has 0 spiro atoms. The van der Waals surface area contributed by atoms with E-state index in [1.165, 1.54) is 6.08 Å². The van der Waals surface area contributed by atoms with E-state index in [0.29, 0.717) is 4.31 Å². The topological polar surface area (TPSA) is 54.5 Å². The third-order valence-corrected chi connectivity index (χ3v) is 4.24. The van der Waals surface area contributed by atoms with Crippen LogP contribution < -0.4 is 0 Å². The average molecular weight is 288 g/mol. The molecule has 0 unspecified atom stereocenters. The molecule has 94 valence electrons. The van der Waals surface area contributed by atoms with Crippen LogP contribution in [0.5, 0.6) is 0 Å². The van der Waals surface area contributed by atoms with Crippen molar-refractivity contribution >= 4 is 39.1 Å². The first-order valence-corrected chi connectivity index (χ1v) is 7.16. The maximum absolute atomic E-state index is 11.9.